The van der Waals surface area contributed by atoms with E-state index in [0.717, 1.165) is 0 Å². The molecule has 0 radical (unpaired) electrons. The van der Waals surface area contributed by atoms with Gasteiger partial charge in [0.1, 0.15) is 0 Å². The van der Waals surface area contributed by atoms with Crippen LogP contribution >= 0.6 is 0 Å². The Balaban J connectivity index is 2.85. The first-order chi connectivity index (χ1) is 7.65. The molecular formula is C12H11NO3. The van der Waals surface area contributed by atoms with Crippen LogP contribution in [-0.4, -0.2) is 17.6 Å². The van der Waals surface area contributed by atoms with E-state index in [2.05, 4.69) is 4.74 Å². The molecule has 0 aliphatic heterocycles. The molecule has 0 unspecified atom stereocenters. The number of fused-ring (bicyclic) bond motifs is 1. The van der Waals surface area contributed by atoms with Gasteiger partial charge in [0.2, 0.25) is 0 Å². The lowest BCUT2D eigenvalue weighted by Crippen LogP contribution is -2.16. The summed E-state index contributed by atoms with van der Waals surface area (Å²) >= 11 is 0. The molecule has 0 spiro atoms. The van der Waals surface area contributed by atoms with Crippen LogP contribution in [0, 0.1) is 0 Å². The zero-order valence-corrected chi connectivity index (χ0v) is 9.06. The predicted molar refractivity (Wildman–Crippen MR) is 60.5 cm³/mol. The van der Waals surface area contributed by atoms with E-state index in [1.54, 1.807) is 37.5 Å². The number of hydrogen-bond acceptors (Lipinski definition) is 3. The zero-order valence-electron chi connectivity index (χ0n) is 9.06. The van der Waals surface area contributed by atoms with Crippen molar-refractivity contribution in [2.24, 2.45) is 7.05 Å². The molecule has 1 aromatic carbocycles. The first-order valence-electron chi connectivity index (χ1n) is 4.82. The Bertz CT molecular complexity index is 613. The fourth-order valence-electron chi connectivity index (χ4n) is 1.66. The van der Waals surface area contributed by atoms with Crippen molar-refractivity contribution >= 4 is 16.7 Å². The number of pyridine rings is 1. The molecule has 2 rings (SSSR count). The van der Waals surface area contributed by atoms with Gasteiger partial charge in [-0.1, -0.05) is 6.07 Å². The van der Waals surface area contributed by atoms with Crippen LogP contribution in [-0.2, 0) is 11.8 Å². The van der Waals surface area contributed by atoms with Crippen molar-refractivity contribution in [2.75, 3.05) is 7.11 Å². The van der Waals surface area contributed by atoms with Crippen LogP contribution in [0.3, 0.4) is 0 Å². The Morgan fingerprint density at radius 2 is 2.00 bits per heavy atom. The molecule has 0 fully saturated rings. The highest BCUT2D eigenvalue weighted by Crippen LogP contribution is 2.15. The van der Waals surface area contributed by atoms with Crippen molar-refractivity contribution in [3.8, 4) is 0 Å². The van der Waals surface area contributed by atoms with Gasteiger partial charge in [-0.2, -0.15) is 0 Å². The van der Waals surface area contributed by atoms with Crippen LogP contribution in [0.1, 0.15) is 10.4 Å². The molecule has 0 aliphatic rings. The lowest BCUT2D eigenvalue weighted by atomic mass is 10.1. The van der Waals surface area contributed by atoms with E-state index in [9.17, 15) is 9.59 Å². The van der Waals surface area contributed by atoms with Crippen LogP contribution < -0.4 is 5.56 Å². The number of carbonyl (C=O) groups is 1. The maximum Gasteiger partial charge on any atom is 0.338 e. The van der Waals surface area contributed by atoms with Gasteiger partial charge < -0.3 is 9.30 Å². The topological polar surface area (TPSA) is 48.3 Å². The molecule has 2 aromatic rings. The number of benzene rings is 1. The predicted octanol–water partition coefficient (Wildman–Crippen LogP) is 1.33. The van der Waals surface area contributed by atoms with Gasteiger partial charge >= 0.3 is 5.97 Å². The number of methoxy groups -OCH3 is 1. The van der Waals surface area contributed by atoms with E-state index in [4.69, 9.17) is 0 Å². The Morgan fingerprint density at radius 3 is 2.69 bits per heavy atom. The van der Waals surface area contributed by atoms with Gasteiger partial charge in [-0.25, -0.2) is 4.79 Å². The summed E-state index contributed by atoms with van der Waals surface area (Å²) in [5.74, 6) is -0.432. The van der Waals surface area contributed by atoms with Crippen molar-refractivity contribution < 1.29 is 9.53 Å². The largest absolute Gasteiger partial charge is 0.465 e. The molecule has 16 heavy (non-hydrogen) atoms. The number of ether oxygens (including phenoxy) is 1. The smallest absolute Gasteiger partial charge is 0.338 e. The fraction of sp³-hybridized carbons (Fsp3) is 0.167. The van der Waals surface area contributed by atoms with Crippen molar-refractivity contribution in [2.45, 2.75) is 0 Å². The second kappa shape index (κ2) is 3.81. The highest BCUT2D eigenvalue weighted by atomic mass is 16.5. The zero-order chi connectivity index (χ0) is 11.7. The summed E-state index contributed by atoms with van der Waals surface area (Å²) in [6, 6.07) is 6.76. The van der Waals surface area contributed by atoms with Crippen molar-refractivity contribution in [3.63, 3.8) is 0 Å². The summed E-state index contributed by atoms with van der Waals surface area (Å²) in [6.07, 6.45) is 1.64. The summed E-state index contributed by atoms with van der Waals surface area (Å²) in [5, 5.41) is 1.14. The number of rotatable bonds is 1. The van der Waals surface area contributed by atoms with Gasteiger partial charge in [-0.15, -0.1) is 0 Å². The van der Waals surface area contributed by atoms with Gasteiger partial charge in [-0.05, 0) is 18.2 Å². The summed E-state index contributed by atoms with van der Waals surface area (Å²) in [4.78, 5) is 23.3. The SMILES string of the molecule is COC(=O)c1cccc2c(=O)n(C)ccc12. The van der Waals surface area contributed by atoms with E-state index < -0.39 is 5.97 Å². The molecule has 0 bridgehead atoms. The van der Waals surface area contributed by atoms with Gasteiger partial charge in [0.25, 0.3) is 5.56 Å². The molecule has 1 heterocycles. The summed E-state index contributed by atoms with van der Waals surface area (Å²) in [6.45, 7) is 0. The molecule has 4 nitrogen and oxygen atoms in total. The molecule has 0 N–H and O–H groups in total. The first-order valence-corrected chi connectivity index (χ1v) is 4.82. The average Bonchev–Trinajstić information content (AvgIpc) is 2.32. The quantitative estimate of drug-likeness (QED) is 0.677. The van der Waals surface area contributed by atoms with E-state index >= 15 is 0 Å². The number of nitrogens with zero attached hydrogens (tertiary/aromatic N) is 1. The molecule has 4 heteroatoms. The molecule has 0 saturated carbocycles. The minimum atomic E-state index is -0.432. The minimum Gasteiger partial charge on any atom is -0.465 e. The highest BCUT2D eigenvalue weighted by molar-refractivity contribution is 6.04. The molecule has 0 saturated heterocycles. The first kappa shape index (κ1) is 10.4. The normalized spacial score (nSPS) is 10.4. The summed E-state index contributed by atoms with van der Waals surface area (Å²) in [7, 11) is 2.99. The van der Waals surface area contributed by atoms with E-state index in [1.165, 1.54) is 11.7 Å². The maximum atomic E-state index is 11.8. The number of esters is 1. The highest BCUT2D eigenvalue weighted by Gasteiger charge is 2.11. The second-order valence-corrected chi connectivity index (χ2v) is 3.49. The van der Waals surface area contributed by atoms with Crippen LogP contribution in [0.25, 0.3) is 10.8 Å². The summed E-state index contributed by atoms with van der Waals surface area (Å²) < 4.78 is 6.14. The van der Waals surface area contributed by atoms with Crippen molar-refractivity contribution in [1.29, 1.82) is 0 Å². The lowest BCUT2D eigenvalue weighted by Gasteiger charge is -2.05. The summed E-state index contributed by atoms with van der Waals surface area (Å²) in [5.41, 5.74) is 0.293. The van der Waals surface area contributed by atoms with Crippen LogP contribution in [0.2, 0.25) is 0 Å². The van der Waals surface area contributed by atoms with Gasteiger partial charge in [0.05, 0.1) is 12.7 Å². The van der Waals surface area contributed by atoms with Crippen molar-refractivity contribution in [1.82, 2.24) is 4.57 Å². The number of carbonyl (C=O) groups excluding carboxylic acids is 1. The van der Waals surface area contributed by atoms with Gasteiger partial charge in [-0.3, -0.25) is 4.79 Å². The lowest BCUT2D eigenvalue weighted by molar-refractivity contribution is 0.0603. The molecule has 0 atom stereocenters. The standard InChI is InChI=1S/C12H11NO3/c1-13-7-6-8-9(11(13)14)4-3-5-10(8)12(15)16-2/h3-7H,1-2H3. The third-order valence-corrected chi connectivity index (χ3v) is 2.53. The number of aromatic nitrogens is 1. The minimum absolute atomic E-state index is 0.122. The second-order valence-electron chi connectivity index (χ2n) is 3.49. The molecule has 0 aliphatic carbocycles. The monoisotopic (exact) mass is 217 g/mol. The Morgan fingerprint density at radius 1 is 1.25 bits per heavy atom. The van der Waals surface area contributed by atoms with Crippen LogP contribution in [0.15, 0.2) is 35.3 Å². The molecule has 1 aromatic heterocycles. The number of hydrogen-bond donors (Lipinski definition) is 0. The average molecular weight is 217 g/mol. The van der Waals surface area contributed by atoms with Crippen LogP contribution in [0.4, 0.5) is 0 Å². The van der Waals surface area contributed by atoms with Gasteiger partial charge in [0, 0.05) is 24.0 Å². The maximum absolute atomic E-state index is 11.8. The van der Waals surface area contributed by atoms with E-state index in [-0.39, 0.29) is 5.56 Å². The van der Waals surface area contributed by atoms with Crippen molar-refractivity contribution in [3.05, 3.63) is 46.4 Å². The van der Waals surface area contributed by atoms with Crippen LogP contribution in [0.5, 0.6) is 0 Å². The molecule has 0 amide bonds. The van der Waals surface area contributed by atoms with Gasteiger partial charge in [0.15, 0.2) is 0 Å². The number of aryl methyl sites for hydroxylation is 1. The Kier molecular flexibility index (Phi) is 2.48. The van der Waals surface area contributed by atoms with E-state index in [1.807, 2.05) is 0 Å². The third kappa shape index (κ3) is 1.48. The van der Waals surface area contributed by atoms with E-state index in [0.29, 0.717) is 16.3 Å². The third-order valence-electron chi connectivity index (χ3n) is 2.53. The Labute approximate surface area is 92.1 Å². The fourth-order valence-corrected chi connectivity index (χ4v) is 1.66. The molecule has 82 valence electrons. The Hall–Kier alpha value is -2.10. The molecular weight excluding hydrogens is 206 g/mol.